The number of aryl methyl sites for hydroxylation is 1. The van der Waals surface area contributed by atoms with Gasteiger partial charge >= 0.3 is 0 Å². The molecule has 6 heteroatoms. The van der Waals surface area contributed by atoms with Gasteiger partial charge in [-0.1, -0.05) is 31.2 Å². The van der Waals surface area contributed by atoms with Gasteiger partial charge in [-0.2, -0.15) is 0 Å². The van der Waals surface area contributed by atoms with Crippen LogP contribution in [0.15, 0.2) is 48.5 Å². The van der Waals surface area contributed by atoms with E-state index in [2.05, 4.69) is 6.92 Å². The van der Waals surface area contributed by atoms with Crippen LogP contribution < -0.4 is 14.7 Å². The summed E-state index contributed by atoms with van der Waals surface area (Å²) in [7, 11) is 0. The largest absolute Gasteiger partial charge is 0.358 e. The van der Waals surface area contributed by atoms with Gasteiger partial charge in [-0.15, -0.1) is 0 Å². The molecular weight excluding hydrogens is 357 g/mol. The molecular formula is C22H25FN3O2+. The van der Waals surface area contributed by atoms with Crippen molar-refractivity contribution in [3.63, 3.8) is 0 Å². The van der Waals surface area contributed by atoms with Gasteiger partial charge in [-0.05, 0) is 36.2 Å². The summed E-state index contributed by atoms with van der Waals surface area (Å²) in [6, 6.07) is 14.0. The number of hydrogen-bond acceptors (Lipinski definition) is 3. The SMILES string of the molecule is CCc1ccc(N2C(=O)C[C@@H]([NH+]3CCN(c4ccccc4F)CC3)C2=O)cc1. The van der Waals surface area contributed by atoms with E-state index in [1.807, 2.05) is 35.2 Å². The summed E-state index contributed by atoms with van der Waals surface area (Å²) in [5.74, 6) is -0.480. The third kappa shape index (κ3) is 3.40. The van der Waals surface area contributed by atoms with Crippen LogP contribution in [0.25, 0.3) is 0 Å². The summed E-state index contributed by atoms with van der Waals surface area (Å²) >= 11 is 0. The molecule has 2 heterocycles. The summed E-state index contributed by atoms with van der Waals surface area (Å²) in [6.07, 6.45) is 1.16. The molecule has 2 aromatic rings. The molecule has 2 aliphatic heterocycles. The zero-order chi connectivity index (χ0) is 19.7. The number of benzene rings is 2. The zero-order valence-corrected chi connectivity index (χ0v) is 16.0. The Morgan fingerprint density at radius 3 is 2.36 bits per heavy atom. The number of anilines is 2. The quantitative estimate of drug-likeness (QED) is 0.814. The van der Waals surface area contributed by atoms with E-state index in [0.29, 0.717) is 37.6 Å². The van der Waals surface area contributed by atoms with Crippen molar-refractivity contribution in [2.45, 2.75) is 25.8 Å². The monoisotopic (exact) mass is 382 g/mol. The molecule has 0 aromatic heterocycles. The van der Waals surface area contributed by atoms with Gasteiger partial charge in [-0.25, -0.2) is 9.29 Å². The molecule has 2 fully saturated rings. The highest BCUT2D eigenvalue weighted by Gasteiger charge is 2.46. The number of hydrogen-bond donors (Lipinski definition) is 1. The molecule has 28 heavy (non-hydrogen) atoms. The fourth-order valence-electron chi connectivity index (χ4n) is 4.19. The summed E-state index contributed by atoms with van der Waals surface area (Å²) < 4.78 is 14.0. The minimum absolute atomic E-state index is 0.122. The van der Waals surface area contributed by atoms with Crippen molar-refractivity contribution in [3.05, 3.63) is 59.9 Å². The molecule has 4 rings (SSSR count). The lowest BCUT2D eigenvalue weighted by molar-refractivity contribution is -0.915. The Kier molecular flexibility index (Phi) is 5.13. The van der Waals surface area contributed by atoms with Gasteiger partial charge in [0.2, 0.25) is 5.91 Å². The first-order chi connectivity index (χ1) is 13.6. The maximum atomic E-state index is 14.0. The number of nitrogens with zero attached hydrogens (tertiary/aromatic N) is 2. The molecule has 0 bridgehead atoms. The van der Waals surface area contributed by atoms with Gasteiger partial charge in [0.25, 0.3) is 5.91 Å². The van der Waals surface area contributed by atoms with Crippen molar-refractivity contribution >= 4 is 23.2 Å². The van der Waals surface area contributed by atoms with Gasteiger partial charge in [-0.3, -0.25) is 9.59 Å². The number of amides is 2. The van der Waals surface area contributed by atoms with Gasteiger partial charge < -0.3 is 9.80 Å². The fraction of sp³-hybridized carbons (Fsp3) is 0.364. The summed E-state index contributed by atoms with van der Waals surface area (Å²) in [6.45, 7) is 4.82. The van der Waals surface area contributed by atoms with Gasteiger partial charge in [0, 0.05) is 0 Å². The van der Waals surface area contributed by atoms with Crippen LogP contribution in [-0.4, -0.2) is 44.0 Å². The van der Waals surface area contributed by atoms with Crippen molar-refractivity contribution in [3.8, 4) is 0 Å². The standard InChI is InChI=1S/C22H24FN3O2/c1-2-16-7-9-17(10-8-16)26-21(27)15-20(22(26)28)25-13-11-24(12-14-25)19-6-4-3-5-18(19)23/h3-10,20H,2,11-15H2,1H3/p+1/t20-/m1/s1. The van der Waals surface area contributed by atoms with Crippen molar-refractivity contribution < 1.29 is 18.9 Å². The highest BCUT2D eigenvalue weighted by atomic mass is 19.1. The molecule has 2 amide bonds. The number of carbonyl (C=O) groups excluding carboxylic acids is 2. The molecule has 146 valence electrons. The average Bonchev–Trinajstić information content (AvgIpc) is 3.03. The van der Waals surface area contributed by atoms with Crippen LogP contribution in [0.5, 0.6) is 0 Å². The highest BCUT2D eigenvalue weighted by Crippen LogP contribution is 2.23. The van der Waals surface area contributed by atoms with Crippen LogP contribution in [0.3, 0.4) is 0 Å². The first kappa shape index (κ1) is 18.6. The molecule has 0 unspecified atom stereocenters. The molecule has 0 saturated carbocycles. The lowest BCUT2D eigenvalue weighted by atomic mass is 10.1. The average molecular weight is 382 g/mol. The number of quaternary nitrogens is 1. The molecule has 0 aliphatic carbocycles. The number of halogens is 1. The van der Waals surface area contributed by atoms with Crippen molar-refractivity contribution in [2.75, 3.05) is 36.0 Å². The minimum Gasteiger partial charge on any atom is -0.358 e. The van der Waals surface area contributed by atoms with Crippen LogP contribution in [-0.2, 0) is 16.0 Å². The van der Waals surface area contributed by atoms with E-state index < -0.39 is 0 Å². The second-order valence-electron chi connectivity index (χ2n) is 7.44. The smallest absolute Gasteiger partial charge is 0.292 e. The third-order valence-electron chi connectivity index (χ3n) is 5.84. The maximum absolute atomic E-state index is 14.0. The van der Waals surface area contributed by atoms with E-state index in [1.54, 1.807) is 12.1 Å². The molecule has 2 aromatic carbocycles. The van der Waals surface area contributed by atoms with Crippen LogP contribution in [0, 0.1) is 5.82 Å². The van der Waals surface area contributed by atoms with Crippen molar-refractivity contribution in [1.82, 2.24) is 0 Å². The van der Waals surface area contributed by atoms with Gasteiger partial charge in [0.15, 0.2) is 6.04 Å². The second-order valence-corrected chi connectivity index (χ2v) is 7.44. The Labute approximate surface area is 164 Å². The van der Waals surface area contributed by atoms with E-state index >= 15 is 0 Å². The van der Waals surface area contributed by atoms with Crippen LogP contribution in [0.2, 0.25) is 0 Å². The second kappa shape index (κ2) is 7.72. The first-order valence-electron chi connectivity index (χ1n) is 9.88. The van der Waals surface area contributed by atoms with Gasteiger partial charge in [0.1, 0.15) is 5.82 Å². The van der Waals surface area contributed by atoms with Gasteiger partial charge in [0.05, 0.1) is 44.0 Å². The van der Waals surface area contributed by atoms with Crippen LogP contribution in [0.4, 0.5) is 15.8 Å². The number of rotatable bonds is 4. The van der Waals surface area contributed by atoms with E-state index in [4.69, 9.17) is 0 Å². The normalized spacial score (nSPS) is 20.9. The molecule has 1 N–H and O–H groups in total. The van der Waals surface area contributed by atoms with E-state index in [0.717, 1.165) is 11.3 Å². The lowest BCUT2D eigenvalue weighted by Crippen LogP contribution is -3.19. The Hall–Kier alpha value is -2.73. The molecule has 1 atom stereocenters. The minimum atomic E-state index is -0.346. The molecule has 5 nitrogen and oxygen atoms in total. The topological polar surface area (TPSA) is 45.1 Å². The molecule has 2 aliphatic rings. The predicted molar refractivity (Wildman–Crippen MR) is 106 cm³/mol. The Morgan fingerprint density at radius 1 is 1.04 bits per heavy atom. The number of para-hydroxylation sites is 1. The Balaban J connectivity index is 1.44. The zero-order valence-electron chi connectivity index (χ0n) is 16.0. The third-order valence-corrected chi connectivity index (χ3v) is 5.84. The number of carbonyl (C=O) groups is 2. The Bertz CT molecular complexity index is 876. The van der Waals surface area contributed by atoms with Crippen LogP contribution in [0.1, 0.15) is 18.9 Å². The highest BCUT2D eigenvalue weighted by molar-refractivity contribution is 6.21. The molecule has 2 saturated heterocycles. The number of imide groups is 1. The molecule has 0 radical (unpaired) electrons. The van der Waals surface area contributed by atoms with E-state index in [-0.39, 0.29) is 30.1 Å². The maximum Gasteiger partial charge on any atom is 0.292 e. The van der Waals surface area contributed by atoms with Crippen LogP contribution >= 0.6 is 0 Å². The number of nitrogens with one attached hydrogen (secondary N) is 1. The predicted octanol–water partition coefficient (Wildman–Crippen LogP) is 1.43. The van der Waals surface area contributed by atoms with E-state index in [1.165, 1.54) is 16.5 Å². The Morgan fingerprint density at radius 2 is 1.71 bits per heavy atom. The summed E-state index contributed by atoms with van der Waals surface area (Å²) in [5.41, 5.74) is 2.43. The fourth-order valence-corrected chi connectivity index (χ4v) is 4.19. The number of piperazine rings is 1. The van der Waals surface area contributed by atoms with E-state index in [9.17, 15) is 14.0 Å². The van der Waals surface area contributed by atoms with Crippen molar-refractivity contribution in [1.29, 1.82) is 0 Å². The molecule has 0 spiro atoms. The lowest BCUT2D eigenvalue weighted by Gasteiger charge is -2.35. The first-order valence-corrected chi connectivity index (χ1v) is 9.88. The summed E-state index contributed by atoms with van der Waals surface area (Å²) in [4.78, 5) is 30.0. The summed E-state index contributed by atoms with van der Waals surface area (Å²) in [5, 5.41) is 0. The van der Waals surface area contributed by atoms with Crippen molar-refractivity contribution in [2.24, 2.45) is 0 Å².